The molecule has 1 heterocycles. The first kappa shape index (κ1) is 9.94. The van der Waals surface area contributed by atoms with Gasteiger partial charge in [-0.15, -0.1) is 0 Å². The van der Waals surface area contributed by atoms with Crippen LogP contribution in [0, 0.1) is 0 Å². The van der Waals surface area contributed by atoms with E-state index in [1.54, 1.807) is 0 Å². The first-order valence-corrected chi connectivity index (χ1v) is 7.09. The van der Waals surface area contributed by atoms with E-state index in [0.717, 1.165) is 12.5 Å². The summed E-state index contributed by atoms with van der Waals surface area (Å²) >= 11 is 0. The van der Waals surface area contributed by atoms with Gasteiger partial charge in [-0.2, -0.15) is 0 Å². The van der Waals surface area contributed by atoms with Crippen LogP contribution in [-0.2, 0) is 19.7 Å². The van der Waals surface area contributed by atoms with E-state index < -0.39 is 23.8 Å². The third-order valence-corrected chi connectivity index (χ3v) is 7.24. The molecule has 7 heteroatoms. The van der Waals surface area contributed by atoms with E-state index in [9.17, 15) is 16.8 Å². The van der Waals surface area contributed by atoms with E-state index in [1.165, 1.54) is 0 Å². The molecule has 0 spiro atoms. The summed E-state index contributed by atoms with van der Waals surface area (Å²) in [5.41, 5.74) is 0. The lowest BCUT2D eigenvalue weighted by atomic mass is 10.3. The first-order chi connectivity index (χ1) is 5.21. The molecule has 0 aliphatic carbocycles. The van der Waals surface area contributed by atoms with Crippen molar-refractivity contribution in [3.8, 4) is 0 Å². The molecular formula is C5H11NO4S2. The molecule has 0 saturated carbocycles. The summed E-state index contributed by atoms with van der Waals surface area (Å²) in [6.45, 7) is 0.00926. The summed E-state index contributed by atoms with van der Waals surface area (Å²) in [7, 11) is -7.07. The Morgan fingerprint density at radius 3 is 1.33 bits per heavy atom. The van der Waals surface area contributed by atoms with Gasteiger partial charge in [0.2, 0.25) is 0 Å². The average Bonchev–Trinajstić information content (AvgIpc) is 1.47. The molecule has 0 radical (unpaired) electrons. The molecular weight excluding hydrogens is 202 g/mol. The molecule has 1 aliphatic rings. The molecule has 1 aliphatic heterocycles. The highest BCUT2D eigenvalue weighted by Crippen LogP contribution is 2.27. The van der Waals surface area contributed by atoms with Gasteiger partial charge in [0.15, 0.2) is 23.8 Å². The lowest BCUT2D eigenvalue weighted by molar-refractivity contribution is 0.442. The van der Waals surface area contributed by atoms with Gasteiger partial charge in [0.1, 0.15) is 0 Å². The van der Waals surface area contributed by atoms with Crippen molar-refractivity contribution in [3.05, 3.63) is 0 Å². The fourth-order valence-electron chi connectivity index (χ4n) is 1.13. The zero-order chi connectivity index (χ0) is 9.62. The Morgan fingerprint density at radius 2 is 1.33 bits per heavy atom. The molecule has 0 unspecified atom stereocenters. The predicted molar refractivity (Wildman–Crippen MR) is 45.3 cm³/mol. The van der Waals surface area contributed by atoms with Crippen molar-refractivity contribution >= 4 is 19.7 Å². The third-order valence-electron chi connectivity index (χ3n) is 2.14. The molecule has 1 fully saturated rings. The Labute approximate surface area is 72.0 Å². The fourth-order valence-corrected chi connectivity index (χ4v) is 4.79. The van der Waals surface area contributed by atoms with Crippen LogP contribution >= 0.6 is 0 Å². The number of rotatable bonds is 2. The summed E-state index contributed by atoms with van der Waals surface area (Å²) in [5, 5.41) is 2.66. The van der Waals surface area contributed by atoms with Crippen LogP contribution in [0.25, 0.3) is 0 Å². The fraction of sp³-hybridized carbons (Fsp3) is 1.00. The molecule has 1 N–H and O–H groups in total. The summed E-state index contributed by atoms with van der Waals surface area (Å²) in [5.74, 6) is 0. The summed E-state index contributed by atoms with van der Waals surface area (Å²) in [6, 6.07) is 0. The van der Waals surface area contributed by atoms with Gasteiger partial charge in [0, 0.05) is 25.6 Å². The van der Waals surface area contributed by atoms with E-state index in [4.69, 9.17) is 0 Å². The second-order valence-electron chi connectivity index (χ2n) is 3.06. The van der Waals surface area contributed by atoms with Crippen LogP contribution in [-0.4, -0.2) is 46.5 Å². The van der Waals surface area contributed by atoms with Crippen molar-refractivity contribution in [1.29, 1.82) is 0 Å². The standard InChI is InChI=1S/C5H11NO4S2/c1-11(7,8)5(3-6-4-5)12(2,9)10/h6H,3-4H2,1-2H3. The highest BCUT2D eigenvalue weighted by molar-refractivity contribution is 8.09. The van der Waals surface area contributed by atoms with E-state index in [2.05, 4.69) is 5.32 Å². The first-order valence-electron chi connectivity index (χ1n) is 3.31. The number of sulfone groups is 2. The van der Waals surface area contributed by atoms with Gasteiger partial charge in [0.05, 0.1) is 0 Å². The van der Waals surface area contributed by atoms with Crippen LogP contribution in [0.15, 0.2) is 0 Å². The van der Waals surface area contributed by atoms with Crippen molar-refractivity contribution in [2.24, 2.45) is 0 Å². The molecule has 0 aromatic carbocycles. The number of nitrogens with one attached hydrogen (secondary N) is 1. The van der Waals surface area contributed by atoms with E-state index in [1.807, 2.05) is 0 Å². The van der Waals surface area contributed by atoms with Crippen LogP contribution in [0.3, 0.4) is 0 Å². The lowest BCUT2D eigenvalue weighted by Crippen LogP contribution is -2.67. The second-order valence-corrected chi connectivity index (χ2v) is 7.97. The zero-order valence-electron chi connectivity index (χ0n) is 6.86. The minimum atomic E-state index is -3.54. The van der Waals surface area contributed by atoms with E-state index >= 15 is 0 Å². The van der Waals surface area contributed by atoms with Crippen LogP contribution in [0.2, 0.25) is 0 Å². The number of hydrogen-bond acceptors (Lipinski definition) is 5. The molecule has 0 amide bonds. The zero-order valence-corrected chi connectivity index (χ0v) is 8.50. The lowest BCUT2D eigenvalue weighted by Gasteiger charge is -2.38. The third kappa shape index (κ3) is 1.16. The SMILES string of the molecule is CS(=O)(=O)C1(S(C)(=O)=O)CNC1. The van der Waals surface area contributed by atoms with Crippen molar-refractivity contribution in [2.75, 3.05) is 25.6 Å². The smallest absolute Gasteiger partial charge is 0.197 e. The van der Waals surface area contributed by atoms with Crippen LogP contribution in [0.4, 0.5) is 0 Å². The summed E-state index contributed by atoms with van der Waals surface area (Å²) < 4.78 is 43.1. The molecule has 12 heavy (non-hydrogen) atoms. The summed E-state index contributed by atoms with van der Waals surface area (Å²) in [4.78, 5) is 0. The van der Waals surface area contributed by atoms with Gasteiger partial charge >= 0.3 is 0 Å². The molecule has 0 aromatic heterocycles. The average molecular weight is 213 g/mol. The monoisotopic (exact) mass is 213 g/mol. The summed E-state index contributed by atoms with van der Waals surface area (Å²) in [6.07, 6.45) is 1.91. The second kappa shape index (κ2) is 2.43. The minimum absolute atomic E-state index is 0.00463. The predicted octanol–water partition coefficient (Wildman–Crippen LogP) is -1.62. The van der Waals surface area contributed by atoms with Crippen molar-refractivity contribution in [2.45, 2.75) is 4.08 Å². The molecule has 1 rings (SSSR count). The quantitative estimate of drug-likeness (QED) is 0.596. The van der Waals surface area contributed by atoms with E-state index in [0.29, 0.717) is 0 Å². The van der Waals surface area contributed by atoms with Crippen LogP contribution in [0.1, 0.15) is 0 Å². The van der Waals surface area contributed by atoms with Gasteiger partial charge in [0.25, 0.3) is 0 Å². The number of hydrogen-bond donors (Lipinski definition) is 1. The van der Waals surface area contributed by atoms with Crippen LogP contribution in [0.5, 0.6) is 0 Å². The van der Waals surface area contributed by atoms with Crippen LogP contribution < -0.4 is 5.32 Å². The molecule has 0 aromatic rings. The normalized spacial score (nSPS) is 23.2. The van der Waals surface area contributed by atoms with Gasteiger partial charge in [-0.3, -0.25) is 0 Å². The maximum atomic E-state index is 11.2. The molecule has 72 valence electrons. The maximum Gasteiger partial charge on any atom is 0.197 e. The largest absolute Gasteiger partial charge is 0.311 e. The highest BCUT2D eigenvalue weighted by Gasteiger charge is 2.55. The van der Waals surface area contributed by atoms with Crippen molar-refractivity contribution in [1.82, 2.24) is 5.32 Å². The highest BCUT2D eigenvalue weighted by atomic mass is 32.3. The Bertz CT molecular complexity index is 342. The maximum absolute atomic E-state index is 11.2. The Kier molecular flexibility index (Phi) is 2.01. The minimum Gasteiger partial charge on any atom is -0.311 e. The van der Waals surface area contributed by atoms with Gasteiger partial charge in [-0.1, -0.05) is 0 Å². The Hall–Kier alpha value is -0.140. The van der Waals surface area contributed by atoms with E-state index in [-0.39, 0.29) is 13.1 Å². The van der Waals surface area contributed by atoms with Crippen molar-refractivity contribution in [3.63, 3.8) is 0 Å². The van der Waals surface area contributed by atoms with Crippen molar-refractivity contribution < 1.29 is 16.8 Å². The molecule has 1 saturated heterocycles. The van der Waals surface area contributed by atoms with Gasteiger partial charge < -0.3 is 5.32 Å². The molecule has 5 nitrogen and oxygen atoms in total. The molecule has 0 bridgehead atoms. The Balaban J connectivity index is 3.28. The topological polar surface area (TPSA) is 80.3 Å². The Morgan fingerprint density at radius 1 is 1.00 bits per heavy atom. The molecule has 0 atom stereocenters. The van der Waals surface area contributed by atoms with Gasteiger partial charge in [-0.05, 0) is 0 Å². The van der Waals surface area contributed by atoms with Gasteiger partial charge in [-0.25, -0.2) is 16.8 Å².